The second-order valence-corrected chi connectivity index (χ2v) is 7.19. The lowest BCUT2D eigenvalue weighted by Crippen LogP contribution is -2.34. The molecule has 3 nitrogen and oxygen atoms in total. The summed E-state index contributed by atoms with van der Waals surface area (Å²) in [6.07, 6.45) is 0. The molecule has 0 heterocycles. The Bertz CT molecular complexity index is 524. The Kier molecular flexibility index (Phi) is 4.77. The van der Waals surface area contributed by atoms with Crippen molar-refractivity contribution in [2.45, 2.75) is 38.5 Å². The predicted octanol–water partition coefficient (Wildman–Crippen LogP) is 2.95. The molecule has 0 spiro atoms. The lowest BCUT2D eigenvalue weighted by Gasteiger charge is -2.22. The number of hydrogen-bond acceptors (Lipinski definition) is 2. The first-order valence-corrected chi connectivity index (χ1v) is 6.89. The molecule has 0 amide bonds. The maximum absolute atomic E-state index is 13.5. The highest BCUT2D eigenvalue weighted by Crippen LogP contribution is 2.21. The quantitative estimate of drug-likeness (QED) is 0.928. The van der Waals surface area contributed by atoms with Gasteiger partial charge in [0, 0.05) is 6.04 Å². The number of nitriles is 1. The molecule has 0 aromatic heterocycles. The van der Waals surface area contributed by atoms with Crippen molar-refractivity contribution in [1.82, 2.24) is 4.72 Å². The monoisotopic (exact) mass is 286 g/mol. The summed E-state index contributed by atoms with van der Waals surface area (Å²) >= 11 is 0. The fourth-order valence-electron chi connectivity index (χ4n) is 1.35. The molecule has 0 radical (unpaired) electrons. The van der Waals surface area contributed by atoms with Crippen LogP contribution < -0.4 is 4.72 Å². The van der Waals surface area contributed by atoms with Gasteiger partial charge in [0.25, 0.3) is 0 Å². The van der Waals surface area contributed by atoms with Crippen molar-refractivity contribution >= 4 is 11.0 Å². The largest absolute Gasteiger partial charge is 0.242 e. The van der Waals surface area contributed by atoms with E-state index in [0.29, 0.717) is 5.56 Å². The molecule has 104 valence electrons. The van der Waals surface area contributed by atoms with Crippen LogP contribution in [-0.4, -0.2) is 8.96 Å². The van der Waals surface area contributed by atoms with Crippen molar-refractivity contribution in [3.8, 4) is 6.07 Å². The minimum absolute atomic E-state index is 0.312. The highest BCUT2D eigenvalue weighted by molar-refractivity contribution is 7.84. The molecule has 19 heavy (non-hydrogen) atoms. The zero-order valence-corrected chi connectivity index (χ0v) is 12.1. The molecule has 0 aliphatic carbocycles. The summed E-state index contributed by atoms with van der Waals surface area (Å²) in [7, 11) is -1.35. The van der Waals surface area contributed by atoms with E-state index in [-0.39, 0.29) is 0 Å². The van der Waals surface area contributed by atoms with Crippen LogP contribution in [-0.2, 0) is 11.0 Å². The molecule has 0 saturated heterocycles. The molecule has 1 unspecified atom stereocenters. The van der Waals surface area contributed by atoms with E-state index in [4.69, 9.17) is 5.26 Å². The van der Waals surface area contributed by atoms with Crippen molar-refractivity contribution < 1.29 is 13.0 Å². The summed E-state index contributed by atoms with van der Waals surface area (Å²) in [5, 5.41) is 8.59. The Hall–Kier alpha value is -1.32. The van der Waals surface area contributed by atoms with Gasteiger partial charge in [-0.3, -0.25) is 0 Å². The van der Waals surface area contributed by atoms with Crippen LogP contribution in [0, 0.1) is 23.0 Å². The van der Waals surface area contributed by atoms with Crippen LogP contribution in [0.4, 0.5) is 8.78 Å². The van der Waals surface area contributed by atoms with Gasteiger partial charge in [0.15, 0.2) is 0 Å². The second kappa shape index (κ2) is 5.76. The molecular weight excluding hydrogens is 270 g/mol. The third-order valence-electron chi connectivity index (χ3n) is 2.52. The van der Waals surface area contributed by atoms with Crippen molar-refractivity contribution in [2.75, 3.05) is 0 Å². The number of halogens is 2. The van der Waals surface area contributed by atoms with E-state index in [2.05, 4.69) is 4.72 Å². The Balaban J connectivity index is 3.00. The summed E-state index contributed by atoms with van der Waals surface area (Å²) in [6, 6.07) is 3.14. The zero-order chi connectivity index (χ0) is 14.8. The van der Waals surface area contributed by atoms with Gasteiger partial charge >= 0.3 is 0 Å². The Morgan fingerprint density at radius 2 is 1.79 bits per heavy atom. The third kappa shape index (κ3) is 3.82. The summed E-state index contributed by atoms with van der Waals surface area (Å²) < 4.78 is 41.2. The molecule has 0 aliphatic heterocycles. The highest BCUT2D eigenvalue weighted by Gasteiger charge is 2.22. The minimum atomic E-state index is -1.35. The summed E-state index contributed by atoms with van der Waals surface area (Å²) in [5.74, 6) is -1.82. The summed E-state index contributed by atoms with van der Waals surface area (Å²) in [4.78, 5) is 0. The van der Waals surface area contributed by atoms with Crippen LogP contribution in [0.2, 0.25) is 0 Å². The minimum Gasteiger partial charge on any atom is -0.242 e. The Morgan fingerprint density at radius 1 is 1.32 bits per heavy atom. The molecule has 1 rings (SSSR count). The topological polar surface area (TPSA) is 52.9 Å². The van der Waals surface area contributed by atoms with E-state index in [1.807, 2.05) is 0 Å². The van der Waals surface area contributed by atoms with Crippen molar-refractivity contribution in [3.05, 3.63) is 34.9 Å². The van der Waals surface area contributed by atoms with E-state index in [0.717, 1.165) is 12.1 Å². The molecule has 2 atom stereocenters. The number of hydrogen-bond donors (Lipinski definition) is 1. The molecule has 1 aromatic rings. The molecule has 0 aliphatic rings. The van der Waals surface area contributed by atoms with E-state index < -0.39 is 39.0 Å². The van der Waals surface area contributed by atoms with Crippen LogP contribution in [0.5, 0.6) is 0 Å². The fraction of sp³-hybridized carbons (Fsp3) is 0.462. The lowest BCUT2D eigenvalue weighted by molar-refractivity contribution is 0.564. The molecule has 1 N–H and O–H groups in total. The van der Waals surface area contributed by atoms with Gasteiger partial charge in [-0.05, 0) is 45.4 Å². The number of nitrogens with zero attached hydrogens (tertiary/aromatic N) is 1. The summed E-state index contributed by atoms with van der Waals surface area (Å²) in [6.45, 7) is 7.04. The van der Waals surface area contributed by atoms with Gasteiger partial charge in [-0.2, -0.15) is 5.26 Å². The first-order valence-electron chi connectivity index (χ1n) is 5.74. The predicted molar refractivity (Wildman–Crippen MR) is 70.5 cm³/mol. The smallest absolute Gasteiger partial charge is 0.144 e. The fourth-order valence-corrected chi connectivity index (χ4v) is 2.17. The lowest BCUT2D eigenvalue weighted by atomic mass is 10.1. The van der Waals surface area contributed by atoms with Crippen LogP contribution in [0.15, 0.2) is 12.1 Å². The van der Waals surface area contributed by atoms with Gasteiger partial charge in [-0.1, -0.05) is 0 Å². The van der Waals surface area contributed by atoms with Gasteiger partial charge in [0.05, 0.1) is 15.7 Å². The zero-order valence-electron chi connectivity index (χ0n) is 11.3. The highest BCUT2D eigenvalue weighted by atomic mass is 32.2. The second-order valence-electron chi connectivity index (χ2n) is 5.19. The maximum atomic E-state index is 13.5. The molecule has 1 aromatic carbocycles. The van der Waals surface area contributed by atoms with Crippen LogP contribution in [0.1, 0.15) is 44.9 Å². The molecular formula is C13H16F2N2OS. The number of rotatable bonds is 3. The Labute approximate surface area is 114 Å². The summed E-state index contributed by atoms with van der Waals surface area (Å²) in [5.41, 5.74) is -0.292. The van der Waals surface area contributed by atoms with Gasteiger partial charge in [0.1, 0.15) is 23.3 Å². The van der Waals surface area contributed by atoms with E-state index in [1.165, 1.54) is 6.07 Å². The third-order valence-corrected chi connectivity index (χ3v) is 4.20. The van der Waals surface area contributed by atoms with Crippen LogP contribution >= 0.6 is 0 Å². The number of benzene rings is 1. The Morgan fingerprint density at radius 3 is 2.16 bits per heavy atom. The van der Waals surface area contributed by atoms with Gasteiger partial charge in [0.2, 0.25) is 0 Å². The van der Waals surface area contributed by atoms with E-state index in [1.54, 1.807) is 27.7 Å². The average molecular weight is 286 g/mol. The molecule has 0 fully saturated rings. The van der Waals surface area contributed by atoms with Crippen molar-refractivity contribution in [1.29, 1.82) is 5.26 Å². The molecule has 0 saturated carbocycles. The molecule has 0 bridgehead atoms. The first-order chi connectivity index (χ1) is 8.66. The first kappa shape index (κ1) is 15.7. The van der Waals surface area contributed by atoms with Gasteiger partial charge < -0.3 is 0 Å². The van der Waals surface area contributed by atoms with Gasteiger partial charge in [-0.15, -0.1) is 0 Å². The van der Waals surface area contributed by atoms with Gasteiger partial charge in [-0.25, -0.2) is 17.7 Å². The molecule has 6 heteroatoms. The SMILES string of the molecule is CC(N[S@](=O)C(C)(C)C)c1cc(F)c(C#N)c(F)c1. The van der Waals surface area contributed by atoms with Crippen molar-refractivity contribution in [2.24, 2.45) is 0 Å². The number of nitrogens with one attached hydrogen (secondary N) is 1. The average Bonchev–Trinajstić information content (AvgIpc) is 2.27. The standard InChI is InChI=1S/C13H16F2N2OS/c1-8(17-19(18)13(2,3)4)9-5-11(14)10(7-16)12(15)6-9/h5-6,8,17H,1-4H3/t8?,19-/m1/s1. The van der Waals surface area contributed by atoms with Crippen LogP contribution in [0.3, 0.4) is 0 Å². The maximum Gasteiger partial charge on any atom is 0.144 e. The normalized spacial score (nSPS) is 14.8. The van der Waals surface area contributed by atoms with Crippen LogP contribution in [0.25, 0.3) is 0 Å². The van der Waals surface area contributed by atoms with E-state index in [9.17, 15) is 13.0 Å². The van der Waals surface area contributed by atoms with E-state index >= 15 is 0 Å². The van der Waals surface area contributed by atoms with Crippen molar-refractivity contribution in [3.63, 3.8) is 0 Å².